The van der Waals surface area contributed by atoms with E-state index < -0.39 is 0 Å². The first-order valence-electron chi connectivity index (χ1n) is 6.65. The van der Waals surface area contributed by atoms with E-state index in [4.69, 9.17) is 17.0 Å². The smallest absolute Gasteiger partial charge is 0.186 e. The second-order valence-electron chi connectivity index (χ2n) is 4.44. The van der Waals surface area contributed by atoms with Crippen LogP contribution in [0.1, 0.15) is 11.1 Å². The minimum absolute atomic E-state index is 0.471. The molecule has 0 heterocycles. The van der Waals surface area contributed by atoms with Gasteiger partial charge in [0, 0.05) is 11.5 Å². The summed E-state index contributed by atoms with van der Waals surface area (Å²) in [6, 6.07) is 15.8. The Labute approximate surface area is 143 Å². The monoisotopic (exact) mass is 377 g/mol. The third-order valence-corrected chi connectivity index (χ3v) is 3.61. The molecule has 2 aromatic rings. The fraction of sp³-hybridized carbons (Fsp3) is 0.125. The summed E-state index contributed by atoms with van der Waals surface area (Å²) in [7, 11) is 1.74. The lowest BCUT2D eigenvalue weighted by Crippen LogP contribution is -2.28. The van der Waals surface area contributed by atoms with E-state index in [9.17, 15) is 0 Å². The van der Waals surface area contributed by atoms with Crippen molar-refractivity contribution in [3.8, 4) is 5.75 Å². The van der Waals surface area contributed by atoms with Gasteiger partial charge in [-0.15, -0.1) is 0 Å². The Morgan fingerprint density at radius 2 is 2.05 bits per heavy atom. The molecule has 2 N–H and O–H groups in total. The van der Waals surface area contributed by atoms with Crippen molar-refractivity contribution in [2.24, 2.45) is 5.10 Å². The number of nitrogens with one attached hydrogen (secondary N) is 2. The molecule has 0 radical (unpaired) electrons. The van der Waals surface area contributed by atoms with Crippen molar-refractivity contribution in [1.82, 2.24) is 10.7 Å². The van der Waals surface area contributed by atoms with E-state index in [-0.39, 0.29) is 0 Å². The van der Waals surface area contributed by atoms with Gasteiger partial charge in [0.15, 0.2) is 5.11 Å². The molecule has 114 valence electrons. The molecule has 0 aliphatic heterocycles. The molecule has 0 unspecified atom stereocenters. The maximum atomic E-state index is 5.79. The van der Waals surface area contributed by atoms with Crippen molar-refractivity contribution in [3.63, 3.8) is 0 Å². The molecular weight excluding hydrogens is 362 g/mol. The quantitative estimate of drug-likeness (QED) is 0.475. The Hall–Kier alpha value is -1.92. The Morgan fingerprint density at radius 1 is 1.27 bits per heavy atom. The first kappa shape index (κ1) is 16.5. The van der Waals surface area contributed by atoms with Crippen molar-refractivity contribution in [3.05, 3.63) is 64.1 Å². The van der Waals surface area contributed by atoms with Gasteiger partial charge < -0.3 is 10.1 Å². The van der Waals surface area contributed by atoms with Gasteiger partial charge in [-0.1, -0.05) is 40.2 Å². The second-order valence-corrected chi connectivity index (χ2v) is 5.76. The molecule has 2 rings (SSSR count). The topological polar surface area (TPSA) is 45.7 Å². The summed E-state index contributed by atoms with van der Waals surface area (Å²) in [6.45, 7) is 0.524. The van der Waals surface area contributed by atoms with Crippen LogP contribution in [-0.4, -0.2) is 18.4 Å². The van der Waals surface area contributed by atoms with E-state index in [1.165, 1.54) is 0 Å². The van der Waals surface area contributed by atoms with Crippen LogP contribution < -0.4 is 15.5 Å². The first-order chi connectivity index (χ1) is 10.7. The van der Waals surface area contributed by atoms with E-state index in [2.05, 4.69) is 31.8 Å². The van der Waals surface area contributed by atoms with Crippen LogP contribution in [0.25, 0.3) is 0 Å². The number of nitrogens with zero attached hydrogens (tertiary/aromatic N) is 1. The predicted molar refractivity (Wildman–Crippen MR) is 97.3 cm³/mol. The number of ether oxygens (including phenoxy) is 1. The Kier molecular flexibility index (Phi) is 6.36. The molecular formula is C16H16BrN3OS. The second kappa shape index (κ2) is 8.51. The highest BCUT2D eigenvalue weighted by Crippen LogP contribution is 2.16. The first-order valence-corrected chi connectivity index (χ1v) is 7.85. The average Bonchev–Trinajstić information content (AvgIpc) is 2.54. The van der Waals surface area contributed by atoms with E-state index in [0.29, 0.717) is 11.7 Å². The SMILES string of the molecule is CNC(=S)NN=Cc1cccc(OCc2ccc(Br)cc2)c1. The highest BCUT2D eigenvalue weighted by atomic mass is 79.9. The zero-order valence-electron chi connectivity index (χ0n) is 12.0. The molecule has 22 heavy (non-hydrogen) atoms. The third-order valence-electron chi connectivity index (χ3n) is 2.78. The predicted octanol–water partition coefficient (Wildman–Crippen LogP) is 3.46. The zero-order valence-corrected chi connectivity index (χ0v) is 14.4. The lowest BCUT2D eigenvalue weighted by molar-refractivity contribution is 0.306. The molecule has 0 saturated heterocycles. The highest BCUT2D eigenvalue weighted by Gasteiger charge is 1.98. The Balaban J connectivity index is 1.93. The van der Waals surface area contributed by atoms with E-state index >= 15 is 0 Å². The van der Waals surface area contributed by atoms with Gasteiger partial charge in [-0.3, -0.25) is 5.43 Å². The van der Waals surface area contributed by atoms with Crippen LogP contribution in [0.4, 0.5) is 0 Å². The van der Waals surface area contributed by atoms with Crippen LogP contribution >= 0.6 is 28.1 Å². The van der Waals surface area contributed by atoms with Gasteiger partial charge in [-0.05, 0) is 47.6 Å². The molecule has 0 aliphatic carbocycles. The molecule has 6 heteroatoms. The van der Waals surface area contributed by atoms with Crippen LogP contribution in [0.5, 0.6) is 5.75 Å². The van der Waals surface area contributed by atoms with Crippen LogP contribution in [0, 0.1) is 0 Å². The van der Waals surface area contributed by atoms with E-state index in [1.807, 2.05) is 48.5 Å². The Bertz CT molecular complexity index is 659. The molecule has 4 nitrogen and oxygen atoms in total. The largest absolute Gasteiger partial charge is 0.489 e. The summed E-state index contributed by atoms with van der Waals surface area (Å²) in [5, 5.41) is 7.30. The van der Waals surface area contributed by atoms with Crippen LogP contribution in [0.15, 0.2) is 58.1 Å². The highest BCUT2D eigenvalue weighted by molar-refractivity contribution is 9.10. The molecule has 0 bridgehead atoms. The summed E-state index contributed by atoms with van der Waals surface area (Å²) >= 11 is 8.35. The number of benzene rings is 2. The molecule has 2 aromatic carbocycles. The van der Waals surface area contributed by atoms with Crippen molar-refractivity contribution >= 4 is 39.5 Å². The lowest BCUT2D eigenvalue weighted by atomic mass is 10.2. The summed E-state index contributed by atoms with van der Waals surface area (Å²) in [5.74, 6) is 0.795. The third kappa shape index (κ3) is 5.46. The number of hydrazone groups is 1. The number of rotatable bonds is 5. The van der Waals surface area contributed by atoms with Gasteiger partial charge in [-0.2, -0.15) is 5.10 Å². The minimum atomic E-state index is 0.471. The van der Waals surface area contributed by atoms with Crippen LogP contribution in [0.2, 0.25) is 0 Å². The molecule has 0 atom stereocenters. The number of thiocarbonyl (C=S) groups is 1. The zero-order chi connectivity index (χ0) is 15.8. The van der Waals surface area contributed by atoms with Crippen LogP contribution in [0.3, 0.4) is 0 Å². The molecule has 0 spiro atoms. The standard InChI is InChI=1S/C16H16BrN3OS/c1-18-16(22)20-19-10-13-3-2-4-15(9-13)21-11-12-5-7-14(17)8-6-12/h2-10H,11H2,1H3,(H2,18,20,22). The summed E-state index contributed by atoms with van der Waals surface area (Å²) in [5.41, 5.74) is 4.75. The number of hydrogen-bond donors (Lipinski definition) is 2. The summed E-state index contributed by atoms with van der Waals surface area (Å²) < 4.78 is 6.84. The van der Waals surface area contributed by atoms with Crippen molar-refractivity contribution in [1.29, 1.82) is 0 Å². The molecule has 0 aliphatic rings. The lowest BCUT2D eigenvalue weighted by Gasteiger charge is -2.07. The van der Waals surface area contributed by atoms with Gasteiger partial charge in [-0.25, -0.2) is 0 Å². The molecule has 0 amide bonds. The minimum Gasteiger partial charge on any atom is -0.489 e. The van der Waals surface area contributed by atoms with E-state index in [0.717, 1.165) is 21.3 Å². The fourth-order valence-corrected chi connectivity index (χ4v) is 1.97. The van der Waals surface area contributed by atoms with Crippen molar-refractivity contribution in [2.75, 3.05) is 7.05 Å². The van der Waals surface area contributed by atoms with Gasteiger partial charge in [0.1, 0.15) is 12.4 Å². The number of halogens is 1. The summed E-state index contributed by atoms with van der Waals surface area (Å²) in [4.78, 5) is 0. The van der Waals surface area contributed by atoms with Crippen LogP contribution in [-0.2, 0) is 6.61 Å². The molecule has 0 saturated carbocycles. The van der Waals surface area contributed by atoms with Crippen molar-refractivity contribution in [2.45, 2.75) is 6.61 Å². The maximum absolute atomic E-state index is 5.79. The fourth-order valence-electron chi connectivity index (χ4n) is 1.65. The van der Waals surface area contributed by atoms with Gasteiger partial charge in [0.05, 0.1) is 6.21 Å². The molecule has 0 fully saturated rings. The normalized spacial score (nSPS) is 10.5. The number of hydrogen-bond acceptors (Lipinski definition) is 3. The van der Waals surface area contributed by atoms with Gasteiger partial charge in [0.25, 0.3) is 0 Å². The Morgan fingerprint density at radius 3 is 2.77 bits per heavy atom. The van der Waals surface area contributed by atoms with Crippen molar-refractivity contribution < 1.29 is 4.74 Å². The maximum Gasteiger partial charge on any atom is 0.186 e. The average molecular weight is 378 g/mol. The summed E-state index contributed by atoms with van der Waals surface area (Å²) in [6.07, 6.45) is 1.69. The van der Waals surface area contributed by atoms with E-state index in [1.54, 1.807) is 13.3 Å². The molecule has 0 aromatic heterocycles. The van der Waals surface area contributed by atoms with Gasteiger partial charge >= 0.3 is 0 Å². The van der Waals surface area contributed by atoms with Gasteiger partial charge in [0.2, 0.25) is 0 Å².